The van der Waals surface area contributed by atoms with Crippen molar-refractivity contribution in [3.8, 4) is 0 Å². The molecule has 0 heterocycles. The minimum atomic E-state index is -1.08. The second-order valence-electron chi connectivity index (χ2n) is 5.76. The van der Waals surface area contributed by atoms with Crippen LogP contribution in [0.3, 0.4) is 0 Å². The lowest BCUT2D eigenvalue weighted by Gasteiger charge is -2.04. The van der Waals surface area contributed by atoms with E-state index in [2.05, 4.69) is 6.92 Å². The quantitative estimate of drug-likeness (QED) is 0.378. The fourth-order valence-corrected chi connectivity index (χ4v) is 2.03. The van der Waals surface area contributed by atoms with E-state index in [1.807, 2.05) is 30.4 Å². The normalized spacial score (nSPS) is 15.1. The molecule has 0 bridgehead atoms. The number of carbonyl (C=O) groups excluding carboxylic acids is 1. The molecule has 0 aliphatic rings. The zero-order valence-corrected chi connectivity index (χ0v) is 14.6. The molecule has 0 aliphatic heterocycles. The number of carboxylic acid groups (broad SMARTS) is 1. The van der Waals surface area contributed by atoms with Gasteiger partial charge in [0, 0.05) is 5.97 Å². The molecule has 0 amide bonds. The van der Waals surface area contributed by atoms with Crippen molar-refractivity contribution in [2.75, 3.05) is 0 Å². The average molecular weight is 335 g/mol. The Labute approximate surface area is 145 Å². The van der Waals surface area contributed by atoms with E-state index in [-0.39, 0.29) is 12.5 Å². The molecule has 2 N–H and O–H groups in total. The van der Waals surface area contributed by atoms with E-state index in [9.17, 15) is 20.1 Å². The highest BCUT2D eigenvalue weighted by Crippen LogP contribution is 2.04. The van der Waals surface area contributed by atoms with Gasteiger partial charge in [0.15, 0.2) is 0 Å². The molecular formula is C20H31O4-. The molecule has 4 nitrogen and oxygen atoms in total. The van der Waals surface area contributed by atoms with Gasteiger partial charge in [0.1, 0.15) is 0 Å². The molecule has 0 aromatic carbocycles. The Bertz CT molecular complexity index is 421. The Morgan fingerprint density at radius 3 is 1.96 bits per heavy atom. The minimum Gasteiger partial charge on any atom is -0.550 e. The molecule has 4 heteroatoms. The van der Waals surface area contributed by atoms with Gasteiger partial charge in [0.25, 0.3) is 0 Å². The molecule has 136 valence electrons. The summed E-state index contributed by atoms with van der Waals surface area (Å²) >= 11 is 0. The molecule has 0 aromatic heterocycles. The second-order valence-corrected chi connectivity index (χ2v) is 5.76. The summed E-state index contributed by atoms with van der Waals surface area (Å²) in [6, 6.07) is 0. The predicted molar refractivity (Wildman–Crippen MR) is 96.2 cm³/mol. The first-order valence-corrected chi connectivity index (χ1v) is 8.78. The summed E-state index contributed by atoms with van der Waals surface area (Å²) in [6.45, 7) is 2.14. The summed E-state index contributed by atoms with van der Waals surface area (Å²) in [7, 11) is 0. The Hall–Kier alpha value is -1.65. The fraction of sp³-hybridized carbons (Fsp3) is 0.550. The van der Waals surface area contributed by atoms with Crippen LogP contribution in [0.15, 0.2) is 48.6 Å². The Balaban J connectivity index is 3.75. The van der Waals surface area contributed by atoms with E-state index in [4.69, 9.17) is 0 Å². The lowest BCUT2D eigenvalue weighted by molar-refractivity contribution is -0.305. The fourth-order valence-electron chi connectivity index (χ4n) is 2.03. The highest BCUT2D eigenvalue weighted by molar-refractivity contribution is 5.64. The molecule has 0 radical (unpaired) electrons. The molecule has 0 spiro atoms. The van der Waals surface area contributed by atoms with Gasteiger partial charge in [-0.1, -0.05) is 74.8 Å². The number of unbranched alkanes of at least 4 members (excludes halogenated alkanes) is 2. The molecule has 0 aliphatic carbocycles. The summed E-state index contributed by atoms with van der Waals surface area (Å²) < 4.78 is 0. The maximum Gasteiger partial charge on any atom is 0.0724 e. The zero-order chi connectivity index (χ0) is 18.0. The number of allylic oxidation sites excluding steroid dienone is 6. The highest BCUT2D eigenvalue weighted by Gasteiger charge is 1.98. The maximum atomic E-state index is 10.2. The molecule has 0 saturated heterocycles. The van der Waals surface area contributed by atoms with Gasteiger partial charge in [-0.05, 0) is 32.1 Å². The first kappa shape index (κ1) is 22.4. The number of hydrogen-bond donors (Lipinski definition) is 2. The smallest absolute Gasteiger partial charge is 0.0724 e. The van der Waals surface area contributed by atoms with Crippen molar-refractivity contribution >= 4 is 5.97 Å². The number of rotatable bonds is 14. The van der Waals surface area contributed by atoms with Crippen molar-refractivity contribution in [1.29, 1.82) is 0 Å². The third-order valence-electron chi connectivity index (χ3n) is 3.42. The Kier molecular flexibility index (Phi) is 15.1. The maximum absolute atomic E-state index is 10.2. The molecular weight excluding hydrogens is 304 g/mol. The van der Waals surface area contributed by atoms with E-state index < -0.39 is 12.1 Å². The number of carbonyl (C=O) groups is 1. The van der Waals surface area contributed by atoms with Gasteiger partial charge in [-0.3, -0.25) is 0 Å². The summed E-state index contributed by atoms with van der Waals surface area (Å²) in [5.41, 5.74) is 0. The highest BCUT2D eigenvalue weighted by atomic mass is 16.4. The first-order chi connectivity index (χ1) is 11.6. The van der Waals surface area contributed by atoms with Crippen LogP contribution in [-0.2, 0) is 4.79 Å². The van der Waals surface area contributed by atoms with Gasteiger partial charge in [-0.25, -0.2) is 0 Å². The molecule has 24 heavy (non-hydrogen) atoms. The zero-order valence-electron chi connectivity index (χ0n) is 14.6. The topological polar surface area (TPSA) is 80.6 Å². The van der Waals surface area contributed by atoms with E-state index in [0.29, 0.717) is 12.8 Å². The third-order valence-corrected chi connectivity index (χ3v) is 3.42. The number of aliphatic hydroxyl groups excluding tert-OH is 2. The van der Waals surface area contributed by atoms with Crippen molar-refractivity contribution in [1.82, 2.24) is 0 Å². The van der Waals surface area contributed by atoms with Gasteiger partial charge in [0.2, 0.25) is 0 Å². The average Bonchev–Trinajstić information content (AvgIpc) is 2.53. The van der Waals surface area contributed by atoms with E-state index in [1.165, 1.54) is 0 Å². The Morgan fingerprint density at radius 2 is 1.46 bits per heavy atom. The van der Waals surface area contributed by atoms with Crippen LogP contribution in [-0.4, -0.2) is 28.4 Å². The predicted octanol–water partition coefficient (Wildman–Crippen LogP) is 2.82. The number of hydrogen-bond acceptors (Lipinski definition) is 4. The van der Waals surface area contributed by atoms with Crippen molar-refractivity contribution in [3.63, 3.8) is 0 Å². The minimum absolute atomic E-state index is 0.0215. The summed E-state index contributed by atoms with van der Waals surface area (Å²) in [6.07, 6.45) is 19.5. The van der Waals surface area contributed by atoms with Gasteiger partial charge < -0.3 is 20.1 Å². The number of aliphatic hydroxyl groups is 2. The molecule has 0 fully saturated rings. The van der Waals surface area contributed by atoms with Crippen LogP contribution in [0.1, 0.15) is 58.3 Å². The SMILES string of the molecule is CCCCC[C@@H](O)/C=C/C=C\C/C=C\C=C\[C@@H](O)CCCC(=O)[O-]. The largest absolute Gasteiger partial charge is 0.550 e. The molecule has 2 atom stereocenters. The van der Waals surface area contributed by atoms with E-state index in [1.54, 1.807) is 18.2 Å². The van der Waals surface area contributed by atoms with Crippen LogP contribution in [0.25, 0.3) is 0 Å². The van der Waals surface area contributed by atoms with Crippen LogP contribution in [0.4, 0.5) is 0 Å². The summed E-state index contributed by atoms with van der Waals surface area (Å²) in [4.78, 5) is 10.2. The van der Waals surface area contributed by atoms with Gasteiger partial charge in [-0.15, -0.1) is 0 Å². The molecule has 0 unspecified atom stereocenters. The first-order valence-electron chi connectivity index (χ1n) is 8.78. The van der Waals surface area contributed by atoms with Crippen LogP contribution in [0.5, 0.6) is 0 Å². The van der Waals surface area contributed by atoms with Crippen LogP contribution in [0.2, 0.25) is 0 Å². The van der Waals surface area contributed by atoms with Crippen molar-refractivity contribution in [2.24, 2.45) is 0 Å². The van der Waals surface area contributed by atoms with E-state index >= 15 is 0 Å². The lowest BCUT2D eigenvalue weighted by atomic mass is 10.1. The standard InChI is InChI=1S/C20H32O4/c1-2-3-9-13-18(21)14-10-7-5-4-6-8-11-15-19(22)16-12-17-20(23)24/h5-8,10-11,14-15,18-19,21-22H,2-4,9,12-13,16-17H2,1H3,(H,23,24)/p-1/b7-5-,8-6-,14-10+,15-11+/t18-,19-/m1/s1. The van der Waals surface area contributed by atoms with E-state index in [0.717, 1.165) is 32.1 Å². The third kappa shape index (κ3) is 16.7. The van der Waals surface area contributed by atoms with Crippen molar-refractivity contribution < 1.29 is 20.1 Å². The summed E-state index contributed by atoms with van der Waals surface area (Å²) in [5.74, 6) is -1.08. The van der Waals surface area contributed by atoms with Crippen LogP contribution >= 0.6 is 0 Å². The molecule has 0 saturated carbocycles. The lowest BCUT2D eigenvalue weighted by Crippen LogP contribution is -2.22. The van der Waals surface area contributed by atoms with Crippen molar-refractivity contribution in [3.05, 3.63) is 48.6 Å². The Morgan fingerprint density at radius 1 is 0.917 bits per heavy atom. The molecule has 0 rings (SSSR count). The van der Waals surface area contributed by atoms with Gasteiger partial charge in [-0.2, -0.15) is 0 Å². The monoisotopic (exact) mass is 335 g/mol. The molecule has 0 aromatic rings. The van der Waals surface area contributed by atoms with Crippen LogP contribution in [0, 0.1) is 0 Å². The number of aliphatic carboxylic acids is 1. The van der Waals surface area contributed by atoms with Crippen LogP contribution < -0.4 is 5.11 Å². The summed E-state index contributed by atoms with van der Waals surface area (Å²) in [5, 5.41) is 29.5. The van der Waals surface area contributed by atoms with Gasteiger partial charge >= 0.3 is 0 Å². The van der Waals surface area contributed by atoms with Crippen molar-refractivity contribution in [2.45, 2.75) is 70.5 Å². The number of carboxylic acids is 1. The van der Waals surface area contributed by atoms with Gasteiger partial charge in [0.05, 0.1) is 12.2 Å². The second kappa shape index (κ2) is 16.2.